The maximum Gasteiger partial charge on any atom is 0.0233 e. The Kier molecular flexibility index (Phi) is 5.45. The molecule has 1 aromatic carbocycles. The molecule has 0 aromatic heterocycles. The molecule has 3 heteroatoms. The minimum absolute atomic E-state index is 0.757. The number of rotatable bonds is 4. The van der Waals surface area contributed by atoms with E-state index in [1.54, 1.807) is 0 Å². The van der Waals surface area contributed by atoms with Crippen molar-refractivity contribution in [1.29, 1.82) is 0 Å². The Bertz CT molecular complexity index is 355. The van der Waals surface area contributed by atoms with Gasteiger partial charge in [-0.1, -0.05) is 19.1 Å². The van der Waals surface area contributed by atoms with Crippen molar-refractivity contribution < 1.29 is 0 Å². The second-order valence-corrected chi connectivity index (χ2v) is 6.45. The van der Waals surface area contributed by atoms with Crippen LogP contribution in [-0.4, -0.2) is 42.5 Å². The molecule has 0 bridgehead atoms. The molecular formula is C15H23IN2. The van der Waals surface area contributed by atoms with Gasteiger partial charge in [-0.2, -0.15) is 0 Å². The van der Waals surface area contributed by atoms with Crippen LogP contribution in [0.4, 0.5) is 0 Å². The summed E-state index contributed by atoms with van der Waals surface area (Å²) in [5.41, 5.74) is 1.43. The molecule has 1 aliphatic heterocycles. The number of likely N-dealkylation sites (tertiary alicyclic amines) is 1. The highest BCUT2D eigenvalue weighted by Crippen LogP contribution is 2.17. The van der Waals surface area contributed by atoms with Gasteiger partial charge in [0.15, 0.2) is 0 Å². The van der Waals surface area contributed by atoms with Gasteiger partial charge in [-0.3, -0.25) is 4.90 Å². The zero-order valence-corrected chi connectivity index (χ0v) is 13.6. The fraction of sp³-hybridized carbons (Fsp3) is 0.600. The second-order valence-electron chi connectivity index (χ2n) is 5.21. The van der Waals surface area contributed by atoms with Gasteiger partial charge >= 0.3 is 0 Å². The molecule has 1 heterocycles. The Morgan fingerprint density at radius 2 is 1.83 bits per heavy atom. The third-order valence-corrected chi connectivity index (χ3v) is 4.69. The normalized spacial score (nSPS) is 18.4. The number of nitrogens with zero attached hydrogens (tertiary/aromatic N) is 2. The molecule has 0 amide bonds. The van der Waals surface area contributed by atoms with Gasteiger partial charge in [-0.15, -0.1) is 0 Å². The topological polar surface area (TPSA) is 6.48 Å². The Labute approximate surface area is 124 Å². The first-order chi connectivity index (χ1) is 8.69. The van der Waals surface area contributed by atoms with Crippen molar-refractivity contribution in [2.75, 3.05) is 26.7 Å². The maximum absolute atomic E-state index is 2.55. The number of piperidine rings is 1. The van der Waals surface area contributed by atoms with E-state index in [1.165, 1.54) is 41.6 Å². The molecule has 1 fully saturated rings. The van der Waals surface area contributed by atoms with E-state index in [1.807, 2.05) is 0 Å². The first-order valence-corrected chi connectivity index (χ1v) is 7.94. The van der Waals surface area contributed by atoms with E-state index in [4.69, 9.17) is 0 Å². The molecule has 2 rings (SSSR count). The highest BCUT2D eigenvalue weighted by Gasteiger charge is 2.21. The van der Waals surface area contributed by atoms with Crippen molar-refractivity contribution in [2.45, 2.75) is 32.4 Å². The van der Waals surface area contributed by atoms with Crippen LogP contribution < -0.4 is 0 Å². The number of hydrogen-bond acceptors (Lipinski definition) is 2. The van der Waals surface area contributed by atoms with Gasteiger partial charge in [0.2, 0.25) is 0 Å². The molecule has 1 saturated heterocycles. The Balaban J connectivity index is 1.85. The zero-order valence-electron chi connectivity index (χ0n) is 11.4. The van der Waals surface area contributed by atoms with E-state index >= 15 is 0 Å². The Hall–Kier alpha value is -0.130. The number of hydrogen-bond donors (Lipinski definition) is 0. The van der Waals surface area contributed by atoms with E-state index in [0.717, 1.165) is 12.6 Å². The first-order valence-electron chi connectivity index (χ1n) is 6.86. The van der Waals surface area contributed by atoms with Crippen molar-refractivity contribution in [3.8, 4) is 0 Å². The van der Waals surface area contributed by atoms with Crippen LogP contribution in [0.5, 0.6) is 0 Å². The summed E-state index contributed by atoms with van der Waals surface area (Å²) >= 11 is 2.36. The van der Waals surface area contributed by atoms with Crippen LogP contribution >= 0.6 is 22.6 Å². The fourth-order valence-electron chi connectivity index (χ4n) is 2.68. The van der Waals surface area contributed by atoms with E-state index in [0.29, 0.717) is 0 Å². The van der Waals surface area contributed by atoms with E-state index in [-0.39, 0.29) is 0 Å². The minimum atomic E-state index is 0.757. The summed E-state index contributed by atoms with van der Waals surface area (Å²) in [5.74, 6) is 0. The lowest BCUT2D eigenvalue weighted by atomic mass is 10.0. The predicted octanol–water partition coefficient (Wildman–Crippen LogP) is 3.21. The summed E-state index contributed by atoms with van der Waals surface area (Å²) in [5, 5.41) is 0. The number of benzene rings is 1. The van der Waals surface area contributed by atoms with Crippen molar-refractivity contribution in [3.05, 3.63) is 33.4 Å². The summed E-state index contributed by atoms with van der Waals surface area (Å²) < 4.78 is 1.32. The fourth-order valence-corrected chi connectivity index (χ4v) is 3.04. The standard InChI is InChI=1S/C15H23IN2/c1-3-18-10-8-15(9-11-18)17(2)12-13-4-6-14(16)7-5-13/h4-7,15H,3,8-12H2,1-2H3. The molecular weight excluding hydrogens is 335 g/mol. The molecule has 0 spiro atoms. The minimum Gasteiger partial charge on any atom is -0.303 e. The van der Waals surface area contributed by atoms with Gasteiger partial charge in [-0.25, -0.2) is 0 Å². The van der Waals surface area contributed by atoms with Gasteiger partial charge in [0.05, 0.1) is 0 Å². The van der Waals surface area contributed by atoms with Crippen LogP contribution in [0.15, 0.2) is 24.3 Å². The lowest BCUT2D eigenvalue weighted by Crippen LogP contribution is -2.42. The third-order valence-electron chi connectivity index (χ3n) is 3.97. The van der Waals surface area contributed by atoms with Crippen LogP contribution in [0, 0.1) is 3.57 Å². The summed E-state index contributed by atoms with van der Waals surface area (Å²) in [4.78, 5) is 5.07. The van der Waals surface area contributed by atoms with Crippen LogP contribution in [0.3, 0.4) is 0 Å². The molecule has 0 aliphatic carbocycles. The van der Waals surface area contributed by atoms with Gasteiger partial charge in [0.25, 0.3) is 0 Å². The smallest absolute Gasteiger partial charge is 0.0233 e. The van der Waals surface area contributed by atoms with E-state index < -0.39 is 0 Å². The van der Waals surface area contributed by atoms with Crippen LogP contribution in [0.2, 0.25) is 0 Å². The zero-order chi connectivity index (χ0) is 13.0. The van der Waals surface area contributed by atoms with Gasteiger partial charge in [0, 0.05) is 16.2 Å². The quantitative estimate of drug-likeness (QED) is 0.763. The molecule has 0 atom stereocenters. The van der Waals surface area contributed by atoms with Crippen molar-refractivity contribution in [2.24, 2.45) is 0 Å². The molecule has 0 saturated carbocycles. The summed E-state index contributed by atoms with van der Waals surface area (Å²) in [6, 6.07) is 9.65. The third kappa shape index (κ3) is 3.93. The lowest BCUT2D eigenvalue weighted by molar-refractivity contribution is 0.127. The molecule has 2 nitrogen and oxygen atoms in total. The molecule has 0 unspecified atom stereocenters. The van der Waals surface area contributed by atoms with Crippen molar-refractivity contribution in [3.63, 3.8) is 0 Å². The molecule has 0 N–H and O–H groups in total. The van der Waals surface area contributed by atoms with E-state index in [2.05, 4.69) is 70.6 Å². The molecule has 1 aromatic rings. The Morgan fingerprint density at radius 1 is 1.22 bits per heavy atom. The largest absolute Gasteiger partial charge is 0.303 e. The average molecular weight is 358 g/mol. The summed E-state index contributed by atoms with van der Waals surface area (Å²) in [6.07, 6.45) is 2.63. The molecule has 1 aliphatic rings. The van der Waals surface area contributed by atoms with E-state index in [9.17, 15) is 0 Å². The van der Waals surface area contributed by atoms with Gasteiger partial charge < -0.3 is 4.90 Å². The monoisotopic (exact) mass is 358 g/mol. The first kappa shape index (κ1) is 14.3. The highest BCUT2D eigenvalue weighted by molar-refractivity contribution is 14.1. The van der Waals surface area contributed by atoms with Gasteiger partial charge in [-0.05, 0) is 79.8 Å². The SMILES string of the molecule is CCN1CCC(N(C)Cc2ccc(I)cc2)CC1. The summed E-state index contributed by atoms with van der Waals surface area (Å²) in [6.45, 7) is 7.06. The van der Waals surface area contributed by atoms with Crippen LogP contribution in [0.1, 0.15) is 25.3 Å². The molecule has 0 radical (unpaired) electrons. The molecule has 100 valence electrons. The Morgan fingerprint density at radius 3 is 2.39 bits per heavy atom. The highest BCUT2D eigenvalue weighted by atomic mass is 127. The average Bonchev–Trinajstić information content (AvgIpc) is 2.41. The van der Waals surface area contributed by atoms with Gasteiger partial charge in [0.1, 0.15) is 0 Å². The van der Waals surface area contributed by atoms with Crippen LogP contribution in [-0.2, 0) is 6.54 Å². The van der Waals surface area contributed by atoms with Crippen LogP contribution in [0.25, 0.3) is 0 Å². The second kappa shape index (κ2) is 6.87. The number of halogens is 1. The maximum atomic E-state index is 2.55. The van der Waals surface area contributed by atoms with Crippen molar-refractivity contribution in [1.82, 2.24) is 9.80 Å². The molecule has 18 heavy (non-hydrogen) atoms. The van der Waals surface area contributed by atoms with Crippen molar-refractivity contribution >= 4 is 22.6 Å². The lowest BCUT2D eigenvalue weighted by Gasteiger charge is -2.36. The summed E-state index contributed by atoms with van der Waals surface area (Å²) in [7, 11) is 2.27. The predicted molar refractivity (Wildman–Crippen MR) is 85.8 cm³/mol.